The van der Waals surface area contributed by atoms with E-state index in [2.05, 4.69) is 10.6 Å². The third-order valence-electron chi connectivity index (χ3n) is 3.82. The van der Waals surface area contributed by atoms with Crippen molar-refractivity contribution in [3.8, 4) is 0 Å². The predicted molar refractivity (Wildman–Crippen MR) is 93.2 cm³/mol. The average Bonchev–Trinajstić information content (AvgIpc) is 2.57. The number of hydrogen-bond acceptors (Lipinski definition) is 4. The van der Waals surface area contributed by atoms with E-state index in [0.717, 1.165) is 16.8 Å². The van der Waals surface area contributed by atoms with Gasteiger partial charge < -0.3 is 20.5 Å². The zero-order valence-corrected chi connectivity index (χ0v) is 14.1. The van der Waals surface area contributed by atoms with Gasteiger partial charge in [0.15, 0.2) is 0 Å². The lowest BCUT2D eigenvalue weighted by molar-refractivity contribution is -0.305. The molecule has 0 saturated carbocycles. The Morgan fingerprint density at radius 3 is 2.40 bits per heavy atom. The number of rotatable bonds is 6. The summed E-state index contributed by atoms with van der Waals surface area (Å²) >= 11 is 0. The minimum atomic E-state index is -1.28. The molecule has 2 aromatic carbocycles. The smallest absolute Gasteiger partial charge is 0.255 e. The van der Waals surface area contributed by atoms with Gasteiger partial charge in [0.05, 0.1) is 0 Å². The van der Waals surface area contributed by atoms with Crippen LogP contribution in [0.2, 0.25) is 0 Å². The van der Waals surface area contributed by atoms with Gasteiger partial charge in [-0.05, 0) is 55.7 Å². The third kappa shape index (κ3) is 5.17. The Bertz CT molecular complexity index is 815. The van der Waals surface area contributed by atoms with Crippen LogP contribution in [0.15, 0.2) is 42.5 Å². The molecule has 0 bridgehead atoms. The first-order valence-electron chi connectivity index (χ1n) is 7.84. The van der Waals surface area contributed by atoms with Crippen LogP contribution < -0.4 is 15.7 Å². The SMILES string of the molecule is Cc1cccc(NC(=O)c2cccc(NC(=O)CCC(=O)[O-])c2)c1C. The molecule has 2 N–H and O–H groups in total. The standard InChI is InChI=1S/C19H20N2O4/c1-12-5-3-8-16(13(12)2)21-19(25)14-6-4-7-15(11-14)20-17(22)9-10-18(23)24/h3-8,11H,9-10H2,1-2H3,(H,20,22)(H,21,25)(H,23,24)/p-1. The van der Waals surface area contributed by atoms with Crippen LogP contribution >= 0.6 is 0 Å². The predicted octanol–water partition coefficient (Wildman–Crippen LogP) is 2.02. The van der Waals surface area contributed by atoms with E-state index in [1.54, 1.807) is 18.2 Å². The summed E-state index contributed by atoms with van der Waals surface area (Å²) in [6, 6.07) is 12.1. The van der Waals surface area contributed by atoms with Crippen LogP contribution in [0.5, 0.6) is 0 Å². The van der Waals surface area contributed by atoms with Gasteiger partial charge in [0.1, 0.15) is 0 Å². The molecule has 0 fully saturated rings. The zero-order chi connectivity index (χ0) is 18.4. The molecule has 0 aliphatic rings. The van der Waals surface area contributed by atoms with E-state index in [-0.39, 0.29) is 18.7 Å². The largest absolute Gasteiger partial charge is 0.550 e. The number of aryl methyl sites for hydroxylation is 1. The first kappa shape index (κ1) is 18.2. The summed E-state index contributed by atoms with van der Waals surface area (Å²) < 4.78 is 0. The minimum absolute atomic E-state index is 0.179. The lowest BCUT2D eigenvalue weighted by atomic mass is 10.1. The molecule has 2 aromatic rings. The summed E-state index contributed by atoms with van der Waals surface area (Å²) in [5.41, 5.74) is 3.61. The van der Waals surface area contributed by atoms with Gasteiger partial charge >= 0.3 is 0 Å². The van der Waals surface area contributed by atoms with E-state index in [1.807, 2.05) is 32.0 Å². The van der Waals surface area contributed by atoms with Gasteiger partial charge in [-0.25, -0.2) is 0 Å². The zero-order valence-electron chi connectivity index (χ0n) is 14.1. The summed E-state index contributed by atoms with van der Waals surface area (Å²) in [4.78, 5) is 34.5. The highest BCUT2D eigenvalue weighted by atomic mass is 16.4. The van der Waals surface area contributed by atoms with E-state index in [1.165, 1.54) is 6.07 Å². The quantitative estimate of drug-likeness (QED) is 0.841. The van der Waals surface area contributed by atoms with Gasteiger partial charge in [-0.3, -0.25) is 9.59 Å². The van der Waals surface area contributed by atoms with E-state index in [0.29, 0.717) is 11.3 Å². The van der Waals surface area contributed by atoms with Gasteiger partial charge in [0, 0.05) is 29.3 Å². The van der Waals surface area contributed by atoms with Crippen LogP contribution in [-0.2, 0) is 9.59 Å². The molecule has 0 radical (unpaired) electrons. The molecule has 25 heavy (non-hydrogen) atoms. The maximum Gasteiger partial charge on any atom is 0.255 e. The van der Waals surface area contributed by atoms with Crippen molar-refractivity contribution in [1.82, 2.24) is 0 Å². The van der Waals surface area contributed by atoms with Crippen molar-refractivity contribution in [3.05, 3.63) is 59.2 Å². The molecule has 0 aliphatic heterocycles. The summed E-state index contributed by atoms with van der Waals surface area (Å²) in [6.45, 7) is 3.90. The van der Waals surface area contributed by atoms with Crippen LogP contribution in [-0.4, -0.2) is 17.8 Å². The lowest BCUT2D eigenvalue weighted by Gasteiger charge is -2.11. The maximum absolute atomic E-state index is 12.4. The number of nitrogens with one attached hydrogen (secondary N) is 2. The van der Waals surface area contributed by atoms with Gasteiger partial charge in [-0.15, -0.1) is 0 Å². The minimum Gasteiger partial charge on any atom is -0.550 e. The first-order chi connectivity index (χ1) is 11.9. The highest BCUT2D eigenvalue weighted by Gasteiger charge is 2.10. The normalized spacial score (nSPS) is 10.2. The number of anilines is 2. The topological polar surface area (TPSA) is 98.3 Å². The molecular formula is C19H19N2O4-. The van der Waals surface area contributed by atoms with Gasteiger partial charge in [0.25, 0.3) is 5.91 Å². The third-order valence-corrected chi connectivity index (χ3v) is 3.82. The van der Waals surface area contributed by atoms with Crippen molar-refractivity contribution in [1.29, 1.82) is 0 Å². The number of aliphatic carboxylic acids is 1. The van der Waals surface area contributed by atoms with Crippen LogP contribution in [0.25, 0.3) is 0 Å². The van der Waals surface area contributed by atoms with Crippen LogP contribution in [0, 0.1) is 13.8 Å². The van der Waals surface area contributed by atoms with Gasteiger partial charge in [-0.1, -0.05) is 18.2 Å². The van der Waals surface area contributed by atoms with Crippen molar-refractivity contribution in [2.75, 3.05) is 10.6 Å². The molecule has 0 heterocycles. The molecule has 2 amide bonds. The second-order valence-corrected chi connectivity index (χ2v) is 5.70. The molecule has 0 saturated heterocycles. The fraction of sp³-hybridized carbons (Fsp3) is 0.211. The molecule has 6 nitrogen and oxygen atoms in total. The molecule has 0 atom stereocenters. The molecule has 0 aliphatic carbocycles. The van der Waals surface area contributed by atoms with E-state index in [9.17, 15) is 19.5 Å². The van der Waals surface area contributed by atoms with Crippen LogP contribution in [0.3, 0.4) is 0 Å². The summed E-state index contributed by atoms with van der Waals surface area (Å²) in [6.07, 6.45) is -0.528. The number of hydrogen-bond donors (Lipinski definition) is 2. The van der Waals surface area contributed by atoms with Gasteiger partial charge in [-0.2, -0.15) is 0 Å². The molecular weight excluding hydrogens is 320 g/mol. The number of carbonyl (C=O) groups is 3. The molecule has 0 spiro atoms. The summed E-state index contributed by atoms with van der Waals surface area (Å²) in [7, 11) is 0. The fourth-order valence-electron chi connectivity index (χ4n) is 2.26. The molecule has 0 aromatic heterocycles. The Kier molecular flexibility index (Phi) is 5.89. The van der Waals surface area contributed by atoms with E-state index in [4.69, 9.17) is 0 Å². The Morgan fingerprint density at radius 1 is 0.960 bits per heavy atom. The number of amides is 2. The Morgan fingerprint density at radius 2 is 1.68 bits per heavy atom. The molecule has 2 rings (SSSR count). The summed E-state index contributed by atoms with van der Waals surface area (Å²) in [5.74, 6) is -2.02. The number of carbonyl (C=O) groups excluding carboxylic acids is 3. The molecule has 130 valence electrons. The fourth-order valence-corrected chi connectivity index (χ4v) is 2.26. The number of carboxylic acid groups (broad SMARTS) is 1. The van der Waals surface area contributed by atoms with Crippen molar-refractivity contribution in [3.63, 3.8) is 0 Å². The second kappa shape index (κ2) is 8.10. The van der Waals surface area contributed by atoms with Crippen molar-refractivity contribution in [2.45, 2.75) is 26.7 Å². The average molecular weight is 339 g/mol. The van der Waals surface area contributed by atoms with Crippen LogP contribution in [0.1, 0.15) is 34.3 Å². The van der Waals surface area contributed by atoms with Crippen LogP contribution in [0.4, 0.5) is 11.4 Å². The Labute approximate surface area is 145 Å². The Balaban J connectivity index is 2.07. The number of benzene rings is 2. The molecule has 0 unspecified atom stereocenters. The number of carboxylic acids is 1. The lowest BCUT2D eigenvalue weighted by Crippen LogP contribution is -2.24. The maximum atomic E-state index is 12.4. The first-order valence-corrected chi connectivity index (χ1v) is 7.84. The van der Waals surface area contributed by atoms with Crippen molar-refractivity contribution >= 4 is 29.2 Å². The monoisotopic (exact) mass is 339 g/mol. The van der Waals surface area contributed by atoms with E-state index >= 15 is 0 Å². The Hall–Kier alpha value is -3.15. The molecule has 6 heteroatoms. The van der Waals surface area contributed by atoms with Crippen molar-refractivity contribution < 1.29 is 19.5 Å². The van der Waals surface area contributed by atoms with E-state index < -0.39 is 11.9 Å². The highest BCUT2D eigenvalue weighted by molar-refractivity contribution is 6.05. The summed E-state index contributed by atoms with van der Waals surface area (Å²) in [5, 5.41) is 15.8. The van der Waals surface area contributed by atoms with Gasteiger partial charge in [0.2, 0.25) is 5.91 Å². The second-order valence-electron chi connectivity index (χ2n) is 5.70. The highest BCUT2D eigenvalue weighted by Crippen LogP contribution is 2.19. The van der Waals surface area contributed by atoms with Crippen molar-refractivity contribution in [2.24, 2.45) is 0 Å².